The molecule has 4 rings (SSSR count). The maximum absolute atomic E-state index is 12.5. The predicted molar refractivity (Wildman–Crippen MR) is 119 cm³/mol. The Labute approximate surface area is 183 Å². The summed E-state index contributed by atoms with van der Waals surface area (Å²) in [5.41, 5.74) is 0.581. The number of benzene rings is 2. The van der Waals surface area contributed by atoms with E-state index in [1.807, 2.05) is 18.2 Å². The van der Waals surface area contributed by atoms with Gasteiger partial charge in [0, 0.05) is 10.3 Å². The molecule has 0 N–H and O–H groups in total. The van der Waals surface area contributed by atoms with E-state index >= 15 is 0 Å². The average Bonchev–Trinajstić information content (AvgIpc) is 3.17. The van der Waals surface area contributed by atoms with Gasteiger partial charge in [-0.3, -0.25) is 4.79 Å². The van der Waals surface area contributed by atoms with Crippen LogP contribution in [0.1, 0.15) is 0 Å². The molecule has 2 fully saturated rings. The predicted octanol–water partition coefficient (Wildman–Crippen LogP) is 3.03. The smallest absolute Gasteiger partial charge is 0.285 e. The summed E-state index contributed by atoms with van der Waals surface area (Å²) >= 11 is 7.47. The zero-order valence-electron chi connectivity index (χ0n) is 16.0. The maximum Gasteiger partial charge on any atom is 0.285 e. The Hall–Kier alpha value is -2.23. The highest BCUT2D eigenvalue weighted by atomic mass is 35.5. The van der Waals surface area contributed by atoms with Gasteiger partial charge in [-0.15, -0.1) is 0 Å². The van der Waals surface area contributed by atoms with Crippen LogP contribution in [-0.2, 0) is 14.6 Å². The molecule has 0 aromatic heterocycles. The first-order valence-electron chi connectivity index (χ1n) is 9.15. The largest absolute Gasteiger partial charge is 0.495 e. The summed E-state index contributed by atoms with van der Waals surface area (Å²) in [5.74, 6) is 0.644. The van der Waals surface area contributed by atoms with Crippen molar-refractivity contribution in [2.75, 3.05) is 30.1 Å². The molecular formula is C20H19ClN2O5S2. The molecule has 0 bridgehead atoms. The molecule has 0 aliphatic carbocycles. The number of para-hydroxylation sites is 1. The summed E-state index contributed by atoms with van der Waals surface area (Å²) in [5, 5.41) is 0.667. The molecule has 0 unspecified atom stereocenters. The van der Waals surface area contributed by atoms with Gasteiger partial charge in [0.05, 0.1) is 30.3 Å². The molecule has 2 atom stereocenters. The van der Waals surface area contributed by atoms with Gasteiger partial charge in [-0.2, -0.15) is 4.99 Å². The van der Waals surface area contributed by atoms with Gasteiger partial charge in [0.2, 0.25) is 0 Å². The number of sulfone groups is 1. The minimum absolute atomic E-state index is 0.0198. The van der Waals surface area contributed by atoms with Gasteiger partial charge in [0.15, 0.2) is 21.6 Å². The molecule has 0 spiro atoms. The minimum Gasteiger partial charge on any atom is -0.495 e. The summed E-state index contributed by atoms with van der Waals surface area (Å²) in [6, 6.07) is 13.7. The normalized spacial score (nSPS) is 23.4. The van der Waals surface area contributed by atoms with Crippen LogP contribution < -0.4 is 14.4 Å². The van der Waals surface area contributed by atoms with Crippen molar-refractivity contribution in [3.05, 3.63) is 53.6 Å². The highest BCUT2D eigenvalue weighted by molar-refractivity contribution is 8.16. The lowest BCUT2D eigenvalue weighted by molar-refractivity contribution is -0.119. The number of hydrogen-bond donors (Lipinski definition) is 0. The van der Waals surface area contributed by atoms with Gasteiger partial charge in [0.1, 0.15) is 11.5 Å². The van der Waals surface area contributed by atoms with Crippen LogP contribution in [0.2, 0.25) is 5.02 Å². The number of hydrogen-bond acceptors (Lipinski definition) is 6. The van der Waals surface area contributed by atoms with E-state index in [0.717, 1.165) is 0 Å². The molecule has 2 aromatic rings. The summed E-state index contributed by atoms with van der Waals surface area (Å²) in [7, 11) is -1.65. The molecule has 2 saturated heterocycles. The lowest BCUT2D eigenvalue weighted by Crippen LogP contribution is -2.38. The third kappa shape index (κ3) is 4.43. The van der Waals surface area contributed by atoms with Gasteiger partial charge in [-0.1, -0.05) is 41.6 Å². The van der Waals surface area contributed by atoms with Crippen LogP contribution in [0.3, 0.4) is 0 Å². The topological polar surface area (TPSA) is 85.3 Å². The summed E-state index contributed by atoms with van der Waals surface area (Å²) in [6.07, 6.45) is 0. The third-order valence-corrected chi connectivity index (χ3v) is 8.24. The van der Waals surface area contributed by atoms with Gasteiger partial charge < -0.3 is 14.4 Å². The van der Waals surface area contributed by atoms with Crippen molar-refractivity contribution < 1.29 is 22.7 Å². The molecule has 7 nitrogen and oxygen atoms in total. The first kappa shape index (κ1) is 21.0. The molecule has 0 saturated carbocycles. The summed E-state index contributed by atoms with van der Waals surface area (Å²) in [4.78, 5) is 18.5. The first-order valence-corrected chi connectivity index (χ1v) is 12.2. The van der Waals surface area contributed by atoms with Crippen LogP contribution in [0.4, 0.5) is 5.69 Å². The van der Waals surface area contributed by atoms with Crippen molar-refractivity contribution in [1.29, 1.82) is 0 Å². The van der Waals surface area contributed by atoms with Crippen molar-refractivity contribution in [2.24, 2.45) is 4.99 Å². The Morgan fingerprint density at radius 2 is 2.00 bits per heavy atom. The molecule has 2 aromatic carbocycles. The van der Waals surface area contributed by atoms with Crippen LogP contribution >= 0.6 is 23.4 Å². The number of fused-ring (bicyclic) bond motifs is 1. The van der Waals surface area contributed by atoms with Gasteiger partial charge >= 0.3 is 0 Å². The van der Waals surface area contributed by atoms with E-state index in [2.05, 4.69) is 4.99 Å². The van der Waals surface area contributed by atoms with Crippen LogP contribution in [0.25, 0.3) is 0 Å². The first-order chi connectivity index (χ1) is 14.4. The standard InChI is InChI=1S/C20H19ClN2O5S2/c1-27-17-8-7-13(21)9-15(17)23-16-11-30(25,26)12-18(16)29-20(23)22-19(24)10-28-14-5-3-2-4-6-14/h2-9,16,18H,10-12H2,1H3/t16-,18-/m0/s1. The summed E-state index contributed by atoms with van der Waals surface area (Å²) < 4.78 is 35.3. The van der Waals surface area contributed by atoms with Gasteiger partial charge in [-0.05, 0) is 30.3 Å². The number of halogens is 1. The van der Waals surface area contributed by atoms with Gasteiger partial charge in [0.25, 0.3) is 5.91 Å². The molecule has 10 heteroatoms. The number of thioether (sulfide) groups is 1. The second-order valence-electron chi connectivity index (χ2n) is 6.88. The van der Waals surface area contributed by atoms with E-state index in [9.17, 15) is 13.2 Å². The van der Waals surface area contributed by atoms with Crippen molar-refractivity contribution in [3.63, 3.8) is 0 Å². The van der Waals surface area contributed by atoms with Gasteiger partial charge in [-0.25, -0.2) is 8.42 Å². The van der Waals surface area contributed by atoms with Crippen LogP contribution in [0.15, 0.2) is 53.5 Å². The molecule has 2 heterocycles. The van der Waals surface area contributed by atoms with E-state index < -0.39 is 15.7 Å². The van der Waals surface area contributed by atoms with Crippen molar-refractivity contribution >= 4 is 50.0 Å². The van der Waals surface area contributed by atoms with Crippen molar-refractivity contribution in [1.82, 2.24) is 0 Å². The lowest BCUT2D eigenvalue weighted by Gasteiger charge is -2.26. The Bertz CT molecular complexity index is 1090. The van der Waals surface area contributed by atoms with E-state index in [1.165, 1.54) is 18.9 Å². The number of anilines is 1. The Balaban J connectivity index is 1.64. The minimum atomic E-state index is -3.18. The highest BCUT2D eigenvalue weighted by Gasteiger charge is 2.50. The fraction of sp³-hybridized carbons (Fsp3) is 0.300. The quantitative estimate of drug-likeness (QED) is 0.669. The maximum atomic E-state index is 12.5. The average molecular weight is 467 g/mol. The number of methoxy groups -OCH3 is 1. The number of rotatable bonds is 5. The van der Waals surface area contributed by atoms with E-state index in [-0.39, 0.29) is 29.4 Å². The second-order valence-corrected chi connectivity index (χ2v) is 10.7. The zero-order chi connectivity index (χ0) is 21.3. The fourth-order valence-corrected chi connectivity index (χ4v) is 7.59. The molecule has 1 amide bonds. The van der Waals surface area contributed by atoms with E-state index in [1.54, 1.807) is 35.2 Å². The highest BCUT2D eigenvalue weighted by Crippen LogP contribution is 2.44. The Morgan fingerprint density at radius 3 is 2.73 bits per heavy atom. The van der Waals surface area contributed by atoms with Crippen molar-refractivity contribution in [3.8, 4) is 11.5 Å². The van der Waals surface area contributed by atoms with E-state index in [4.69, 9.17) is 21.1 Å². The fourth-order valence-electron chi connectivity index (χ4n) is 3.50. The lowest BCUT2D eigenvalue weighted by atomic mass is 10.2. The van der Waals surface area contributed by atoms with Crippen LogP contribution in [0, 0.1) is 0 Å². The number of carbonyl (C=O) groups is 1. The Morgan fingerprint density at radius 1 is 1.23 bits per heavy atom. The molecule has 2 aliphatic rings. The van der Waals surface area contributed by atoms with Crippen molar-refractivity contribution in [2.45, 2.75) is 11.3 Å². The number of nitrogens with zero attached hydrogens (tertiary/aromatic N) is 2. The Kier molecular flexibility index (Phi) is 5.95. The zero-order valence-corrected chi connectivity index (χ0v) is 18.4. The molecule has 158 valence electrons. The molecule has 0 radical (unpaired) electrons. The number of amidine groups is 1. The number of aliphatic imine (C=N–C) groups is 1. The molecule has 2 aliphatic heterocycles. The summed E-state index contributed by atoms with van der Waals surface area (Å²) in [6.45, 7) is -0.220. The monoisotopic (exact) mass is 466 g/mol. The number of carbonyl (C=O) groups excluding carboxylic acids is 1. The number of amides is 1. The van der Waals surface area contributed by atoms with Crippen LogP contribution in [-0.4, -0.2) is 56.0 Å². The molecule has 30 heavy (non-hydrogen) atoms. The second kappa shape index (κ2) is 8.49. The van der Waals surface area contributed by atoms with Crippen LogP contribution in [0.5, 0.6) is 11.5 Å². The third-order valence-electron chi connectivity index (χ3n) is 4.79. The number of ether oxygens (including phenoxy) is 2. The molecular weight excluding hydrogens is 448 g/mol. The van der Waals surface area contributed by atoms with E-state index in [0.29, 0.717) is 27.4 Å². The SMILES string of the molecule is COc1ccc(Cl)cc1N1C(=NC(=O)COc2ccccc2)S[C@H]2CS(=O)(=O)C[C@@H]21.